The number of rotatable bonds is 5. The molecule has 3 rings (SSSR count). The molecule has 118 valence electrons. The molecule has 8 heteroatoms. The van der Waals surface area contributed by atoms with Crippen LogP contribution in [0.5, 0.6) is 0 Å². The van der Waals surface area contributed by atoms with Gasteiger partial charge in [0.05, 0.1) is 5.69 Å². The molecular formula is C15H14FN5O2. The van der Waals surface area contributed by atoms with Crippen LogP contribution in [0.4, 0.5) is 4.39 Å². The largest absolute Gasteiger partial charge is 0.359 e. The van der Waals surface area contributed by atoms with Crippen molar-refractivity contribution in [3.63, 3.8) is 0 Å². The molecule has 0 aliphatic heterocycles. The minimum absolute atomic E-state index is 0.230. The molecule has 0 amide bonds. The molecule has 0 unspecified atom stereocenters. The number of carbonyl (C=O) groups is 1. The molecule has 0 N–H and O–H groups in total. The molecule has 7 nitrogen and oxygen atoms in total. The number of nitrogens with zero attached hydrogens (tertiary/aromatic N) is 5. The van der Waals surface area contributed by atoms with Crippen LogP contribution in [-0.2, 0) is 13.0 Å². The molecule has 0 spiro atoms. The quantitative estimate of drug-likeness (QED) is 0.671. The number of carbonyl (C=O) groups excluding carboxylic acids is 1. The molecule has 0 atom stereocenters. The van der Waals surface area contributed by atoms with E-state index in [4.69, 9.17) is 4.52 Å². The van der Waals surface area contributed by atoms with Gasteiger partial charge in [-0.25, -0.2) is 9.07 Å². The summed E-state index contributed by atoms with van der Waals surface area (Å²) in [6.45, 7) is 3.61. The molecule has 0 bridgehead atoms. The third-order valence-corrected chi connectivity index (χ3v) is 3.41. The second-order valence-electron chi connectivity index (χ2n) is 5.04. The van der Waals surface area contributed by atoms with Crippen molar-refractivity contribution in [1.29, 1.82) is 0 Å². The monoisotopic (exact) mass is 315 g/mol. The number of Topliss-reactive ketones (excluding diaryl/α,β-unsaturated/α-hetero) is 1. The first-order valence-electron chi connectivity index (χ1n) is 7.10. The third kappa shape index (κ3) is 3.01. The van der Waals surface area contributed by atoms with Crippen molar-refractivity contribution in [1.82, 2.24) is 25.4 Å². The lowest BCUT2D eigenvalue weighted by molar-refractivity contribution is 0.101. The van der Waals surface area contributed by atoms with E-state index in [1.165, 1.54) is 29.8 Å². The van der Waals surface area contributed by atoms with E-state index in [1.54, 1.807) is 0 Å². The molecule has 0 saturated heterocycles. The van der Waals surface area contributed by atoms with Gasteiger partial charge in [-0.05, 0) is 42.0 Å². The maximum absolute atomic E-state index is 13.4. The second-order valence-corrected chi connectivity index (χ2v) is 5.04. The summed E-state index contributed by atoms with van der Waals surface area (Å²) in [4.78, 5) is 11.8. The normalized spacial score (nSPS) is 10.9. The topological polar surface area (TPSA) is 86.7 Å². The molecule has 2 aromatic heterocycles. The molecular weight excluding hydrogens is 301 g/mol. The number of hydrogen-bond donors (Lipinski definition) is 0. The zero-order valence-corrected chi connectivity index (χ0v) is 12.7. The lowest BCUT2D eigenvalue weighted by atomic mass is 10.0. The number of aromatic nitrogens is 5. The van der Waals surface area contributed by atoms with Gasteiger partial charge in [-0.15, -0.1) is 5.10 Å². The zero-order chi connectivity index (χ0) is 16.4. The van der Waals surface area contributed by atoms with Crippen LogP contribution in [0.15, 0.2) is 28.8 Å². The molecule has 0 saturated carbocycles. The van der Waals surface area contributed by atoms with E-state index < -0.39 is 5.82 Å². The Balaban J connectivity index is 1.99. The van der Waals surface area contributed by atoms with Crippen LogP contribution in [0.3, 0.4) is 0 Å². The van der Waals surface area contributed by atoms with Crippen molar-refractivity contribution >= 4 is 5.78 Å². The van der Waals surface area contributed by atoms with Gasteiger partial charge in [0, 0.05) is 17.2 Å². The predicted molar refractivity (Wildman–Crippen MR) is 78.2 cm³/mol. The zero-order valence-electron chi connectivity index (χ0n) is 12.7. The van der Waals surface area contributed by atoms with Gasteiger partial charge in [0.25, 0.3) is 0 Å². The summed E-state index contributed by atoms with van der Waals surface area (Å²) in [6.07, 6.45) is 0.762. The van der Waals surface area contributed by atoms with Gasteiger partial charge in [-0.3, -0.25) is 4.79 Å². The number of aryl methyl sites for hydroxylation is 1. The van der Waals surface area contributed by atoms with E-state index in [2.05, 4.69) is 20.7 Å². The van der Waals surface area contributed by atoms with Crippen molar-refractivity contribution in [2.24, 2.45) is 0 Å². The predicted octanol–water partition coefficient (Wildman–Crippen LogP) is 2.28. The Bertz CT molecular complexity index is 855. The van der Waals surface area contributed by atoms with Gasteiger partial charge in [-0.1, -0.05) is 12.1 Å². The average Bonchev–Trinajstić information content (AvgIpc) is 3.17. The lowest BCUT2D eigenvalue weighted by Crippen LogP contribution is -2.06. The van der Waals surface area contributed by atoms with Crippen LogP contribution in [0, 0.1) is 5.82 Å². The fourth-order valence-corrected chi connectivity index (χ4v) is 2.25. The first-order chi connectivity index (χ1) is 11.1. The highest BCUT2D eigenvalue weighted by molar-refractivity contribution is 6.00. The number of benzene rings is 1. The highest BCUT2D eigenvalue weighted by Crippen LogP contribution is 2.23. The summed E-state index contributed by atoms with van der Waals surface area (Å²) in [5.74, 6) is 0.217. The van der Waals surface area contributed by atoms with E-state index in [-0.39, 0.29) is 17.9 Å². The van der Waals surface area contributed by atoms with Crippen LogP contribution in [0.25, 0.3) is 11.4 Å². The Morgan fingerprint density at radius 3 is 2.87 bits per heavy atom. The second kappa shape index (κ2) is 6.07. The highest BCUT2D eigenvalue weighted by atomic mass is 19.1. The van der Waals surface area contributed by atoms with E-state index in [1.807, 2.05) is 13.0 Å². The molecule has 2 heterocycles. The molecule has 23 heavy (non-hydrogen) atoms. The van der Waals surface area contributed by atoms with E-state index >= 15 is 0 Å². The average molecular weight is 315 g/mol. The van der Waals surface area contributed by atoms with E-state index in [0.717, 1.165) is 12.1 Å². The molecule has 0 aliphatic rings. The van der Waals surface area contributed by atoms with Crippen LogP contribution in [0.2, 0.25) is 0 Å². The lowest BCUT2D eigenvalue weighted by Gasteiger charge is -2.07. The maximum Gasteiger partial charge on any atom is 0.183 e. The fraction of sp³-hybridized carbons (Fsp3) is 0.267. The Kier molecular flexibility index (Phi) is 3.96. The van der Waals surface area contributed by atoms with Crippen molar-refractivity contribution in [3.05, 3.63) is 47.1 Å². The number of hydrogen-bond acceptors (Lipinski definition) is 6. The molecule has 0 fully saturated rings. The summed E-state index contributed by atoms with van der Waals surface area (Å²) in [6, 6.07) is 5.76. The summed E-state index contributed by atoms with van der Waals surface area (Å²) in [5.41, 5.74) is 1.54. The van der Waals surface area contributed by atoms with Crippen molar-refractivity contribution in [2.45, 2.75) is 26.8 Å². The van der Waals surface area contributed by atoms with Gasteiger partial charge in [0.15, 0.2) is 17.4 Å². The molecule has 0 aliphatic carbocycles. The smallest absolute Gasteiger partial charge is 0.183 e. The van der Waals surface area contributed by atoms with E-state index in [0.29, 0.717) is 17.1 Å². The highest BCUT2D eigenvalue weighted by Gasteiger charge is 2.17. The SMILES string of the molecule is CCc1cc(Cn2nnnc2-c2ccc(F)cc2C(C)=O)on1. The summed E-state index contributed by atoms with van der Waals surface area (Å²) >= 11 is 0. The van der Waals surface area contributed by atoms with Gasteiger partial charge >= 0.3 is 0 Å². The molecule has 1 aromatic carbocycles. The van der Waals surface area contributed by atoms with Gasteiger partial charge in [-0.2, -0.15) is 0 Å². The van der Waals surface area contributed by atoms with Gasteiger partial charge in [0.2, 0.25) is 0 Å². The van der Waals surface area contributed by atoms with Crippen LogP contribution in [-0.4, -0.2) is 31.1 Å². The number of halogens is 1. The summed E-state index contributed by atoms with van der Waals surface area (Å²) < 4.78 is 20.1. The van der Waals surface area contributed by atoms with Crippen LogP contribution < -0.4 is 0 Å². The Morgan fingerprint density at radius 2 is 2.17 bits per heavy atom. The Hall–Kier alpha value is -2.90. The van der Waals surface area contributed by atoms with Crippen LogP contribution >= 0.6 is 0 Å². The molecule has 0 radical (unpaired) electrons. The summed E-state index contributed by atoms with van der Waals surface area (Å²) in [5, 5.41) is 15.4. The molecule has 3 aromatic rings. The minimum Gasteiger partial charge on any atom is -0.359 e. The third-order valence-electron chi connectivity index (χ3n) is 3.41. The first kappa shape index (κ1) is 15.0. The Labute approximate surface area is 131 Å². The van der Waals surface area contributed by atoms with Crippen molar-refractivity contribution in [2.75, 3.05) is 0 Å². The fourth-order valence-electron chi connectivity index (χ4n) is 2.25. The maximum atomic E-state index is 13.4. The standard InChI is InChI=1S/C15H14FN5O2/c1-3-11-7-12(23-18-11)8-21-15(17-19-20-21)13-5-4-10(16)6-14(13)9(2)22/h4-7H,3,8H2,1-2H3. The van der Waals surface area contributed by atoms with Gasteiger partial charge in [0.1, 0.15) is 12.4 Å². The minimum atomic E-state index is -0.485. The number of tetrazole rings is 1. The Morgan fingerprint density at radius 1 is 1.35 bits per heavy atom. The van der Waals surface area contributed by atoms with Crippen molar-refractivity contribution in [3.8, 4) is 11.4 Å². The number of ketones is 1. The summed E-state index contributed by atoms with van der Waals surface area (Å²) in [7, 11) is 0. The van der Waals surface area contributed by atoms with Crippen molar-refractivity contribution < 1.29 is 13.7 Å². The van der Waals surface area contributed by atoms with Gasteiger partial charge < -0.3 is 4.52 Å². The first-order valence-corrected chi connectivity index (χ1v) is 7.10. The van der Waals surface area contributed by atoms with Crippen LogP contribution in [0.1, 0.15) is 35.7 Å². The van der Waals surface area contributed by atoms with E-state index in [9.17, 15) is 9.18 Å².